The fourth-order valence-corrected chi connectivity index (χ4v) is 2.21. The first-order chi connectivity index (χ1) is 8.35. The fraction of sp³-hybridized carbons (Fsp3) is 0.0667. The van der Waals surface area contributed by atoms with E-state index in [4.69, 9.17) is 4.74 Å². The predicted octanol–water partition coefficient (Wildman–Crippen LogP) is 4.48. The molecule has 1 nitrogen and oxygen atoms in total. The lowest BCUT2D eigenvalue weighted by Gasteiger charge is -2.08. The minimum atomic E-state index is 0.871. The van der Waals surface area contributed by atoms with E-state index in [2.05, 4.69) is 40.2 Å². The van der Waals surface area contributed by atoms with Crippen LogP contribution >= 0.6 is 15.9 Å². The van der Waals surface area contributed by atoms with Crippen molar-refractivity contribution in [3.8, 4) is 5.75 Å². The first kappa shape index (κ1) is 11.9. The summed E-state index contributed by atoms with van der Waals surface area (Å²) in [6.45, 7) is 0. The molecule has 0 N–H and O–H groups in total. The number of hydrogen-bond donors (Lipinski definition) is 0. The Labute approximate surface area is 110 Å². The van der Waals surface area contributed by atoms with E-state index in [1.807, 2.05) is 35.3 Å². The molecule has 86 valence electrons. The Morgan fingerprint density at radius 2 is 1.53 bits per heavy atom. The van der Waals surface area contributed by atoms with E-state index in [9.17, 15) is 0 Å². The van der Waals surface area contributed by atoms with Gasteiger partial charge in [0.15, 0.2) is 0 Å². The zero-order chi connectivity index (χ0) is 12.1. The molecule has 2 rings (SSSR count). The van der Waals surface area contributed by atoms with Crippen molar-refractivity contribution in [2.45, 2.75) is 0 Å². The maximum Gasteiger partial charge on any atom is 0.118 e. The van der Waals surface area contributed by atoms with E-state index in [0.29, 0.717) is 0 Å². The molecule has 0 aliphatic carbocycles. The largest absolute Gasteiger partial charge is 0.497 e. The summed E-state index contributed by atoms with van der Waals surface area (Å²) < 4.78 is 5.16. The molecule has 0 spiro atoms. The molecule has 0 heterocycles. The number of halogens is 1. The molecule has 0 amide bonds. The Bertz CT molecular complexity index is 500. The highest BCUT2D eigenvalue weighted by Gasteiger charge is 2.03. The summed E-state index contributed by atoms with van der Waals surface area (Å²) in [5, 5.41) is 0. The Morgan fingerprint density at radius 1 is 0.941 bits per heavy atom. The molecule has 0 aliphatic heterocycles. The molecule has 17 heavy (non-hydrogen) atoms. The van der Waals surface area contributed by atoms with Crippen molar-refractivity contribution in [1.29, 1.82) is 0 Å². The maximum atomic E-state index is 5.16. The number of ether oxygens (including phenoxy) is 1. The van der Waals surface area contributed by atoms with Gasteiger partial charge in [0.2, 0.25) is 0 Å². The molecule has 0 aliphatic rings. The summed E-state index contributed by atoms with van der Waals surface area (Å²) in [6.07, 6.45) is 0. The van der Waals surface area contributed by atoms with Gasteiger partial charge in [-0.3, -0.25) is 0 Å². The van der Waals surface area contributed by atoms with Crippen LogP contribution in [0.15, 0.2) is 59.6 Å². The quantitative estimate of drug-likeness (QED) is 0.809. The predicted molar refractivity (Wildman–Crippen MR) is 75.4 cm³/mol. The Morgan fingerprint density at radius 3 is 2.06 bits per heavy atom. The summed E-state index contributed by atoms with van der Waals surface area (Å²) in [5.74, 6) is 0.871. The van der Waals surface area contributed by atoms with Crippen LogP contribution in [0.1, 0.15) is 11.1 Å². The van der Waals surface area contributed by atoms with Gasteiger partial charge in [0.25, 0.3) is 0 Å². The monoisotopic (exact) mass is 288 g/mol. The second-order valence-corrected chi connectivity index (χ2v) is 4.08. The van der Waals surface area contributed by atoms with E-state index in [1.54, 1.807) is 7.11 Å². The lowest BCUT2D eigenvalue weighted by molar-refractivity contribution is 0.415. The molecule has 0 aromatic heterocycles. The minimum absolute atomic E-state index is 0.871. The van der Waals surface area contributed by atoms with Gasteiger partial charge in [-0.05, 0) is 33.8 Å². The average Bonchev–Trinajstić information content (AvgIpc) is 2.42. The van der Waals surface area contributed by atoms with E-state index in [1.165, 1.54) is 5.56 Å². The van der Waals surface area contributed by atoms with Crippen molar-refractivity contribution in [3.63, 3.8) is 0 Å². The van der Waals surface area contributed by atoms with Gasteiger partial charge in [0, 0.05) is 0 Å². The highest BCUT2D eigenvalue weighted by atomic mass is 79.9. The Kier molecular flexibility index (Phi) is 3.99. The molecular formula is C15H13BrO. The van der Waals surface area contributed by atoms with E-state index in [0.717, 1.165) is 16.9 Å². The van der Waals surface area contributed by atoms with Gasteiger partial charge >= 0.3 is 0 Å². The summed E-state index contributed by atoms with van der Waals surface area (Å²) >= 11 is 3.43. The van der Waals surface area contributed by atoms with Gasteiger partial charge in [-0.2, -0.15) is 0 Å². The molecule has 2 aromatic carbocycles. The maximum absolute atomic E-state index is 5.16. The normalized spacial score (nSPS) is 11.3. The van der Waals surface area contributed by atoms with Crippen molar-refractivity contribution in [2.24, 2.45) is 0 Å². The molecule has 0 atom stereocenters. The SMILES string of the molecule is COc1ccc(/C(=C/Br)c2ccccc2)cc1. The van der Waals surface area contributed by atoms with Gasteiger partial charge in [0.05, 0.1) is 7.11 Å². The lowest BCUT2D eigenvalue weighted by atomic mass is 10.00. The van der Waals surface area contributed by atoms with Gasteiger partial charge in [-0.15, -0.1) is 0 Å². The summed E-state index contributed by atoms with van der Waals surface area (Å²) in [4.78, 5) is 1.95. The third-order valence-electron chi connectivity index (χ3n) is 2.59. The first-order valence-corrected chi connectivity index (χ1v) is 6.27. The van der Waals surface area contributed by atoms with Crippen LogP contribution in [0.25, 0.3) is 5.57 Å². The molecule has 0 fully saturated rings. The third-order valence-corrected chi connectivity index (χ3v) is 3.05. The lowest BCUT2D eigenvalue weighted by Crippen LogP contribution is -1.88. The van der Waals surface area contributed by atoms with Crippen LogP contribution in [-0.4, -0.2) is 7.11 Å². The molecule has 2 aromatic rings. The van der Waals surface area contributed by atoms with Crippen molar-refractivity contribution < 1.29 is 4.74 Å². The van der Waals surface area contributed by atoms with Crippen molar-refractivity contribution in [1.82, 2.24) is 0 Å². The van der Waals surface area contributed by atoms with Crippen LogP contribution in [0.5, 0.6) is 5.75 Å². The van der Waals surface area contributed by atoms with Crippen LogP contribution in [0.2, 0.25) is 0 Å². The number of rotatable bonds is 3. The van der Waals surface area contributed by atoms with E-state index in [-0.39, 0.29) is 0 Å². The Balaban J connectivity index is 2.37. The number of benzene rings is 2. The van der Waals surface area contributed by atoms with Gasteiger partial charge < -0.3 is 4.74 Å². The molecule has 0 radical (unpaired) electrons. The van der Waals surface area contributed by atoms with Gasteiger partial charge in [-0.25, -0.2) is 0 Å². The average molecular weight is 289 g/mol. The molecule has 0 bridgehead atoms. The van der Waals surface area contributed by atoms with Gasteiger partial charge in [0.1, 0.15) is 5.75 Å². The second kappa shape index (κ2) is 5.69. The van der Waals surface area contributed by atoms with E-state index >= 15 is 0 Å². The number of hydrogen-bond acceptors (Lipinski definition) is 1. The molecule has 2 heteroatoms. The van der Waals surface area contributed by atoms with Crippen LogP contribution in [-0.2, 0) is 0 Å². The van der Waals surface area contributed by atoms with Crippen LogP contribution in [0.3, 0.4) is 0 Å². The smallest absolute Gasteiger partial charge is 0.118 e. The zero-order valence-electron chi connectivity index (χ0n) is 9.56. The molecule has 0 saturated heterocycles. The van der Waals surface area contributed by atoms with Crippen molar-refractivity contribution >= 4 is 21.5 Å². The highest BCUT2D eigenvalue weighted by Crippen LogP contribution is 2.26. The summed E-state index contributed by atoms with van der Waals surface area (Å²) in [6, 6.07) is 18.3. The second-order valence-electron chi connectivity index (χ2n) is 3.62. The van der Waals surface area contributed by atoms with Crippen molar-refractivity contribution in [2.75, 3.05) is 7.11 Å². The minimum Gasteiger partial charge on any atom is -0.497 e. The summed E-state index contributed by atoms with van der Waals surface area (Å²) in [7, 11) is 1.67. The fourth-order valence-electron chi connectivity index (χ4n) is 1.68. The van der Waals surface area contributed by atoms with Crippen molar-refractivity contribution in [3.05, 3.63) is 70.7 Å². The number of methoxy groups -OCH3 is 1. The topological polar surface area (TPSA) is 9.23 Å². The Hall–Kier alpha value is -1.54. The molecular weight excluding hydrogens is 276 g/mol. The van der Waals surface area contributed by atoms with Crippen LogP contribution < -0.4 is 4.74 Å². The highest BCUT2D eigenvalue weighted by molar-refractivity contribution is 9.11. The summed E-state index contributed by atoms with van der Waals surface area (Å²) in [5.41, 5.74) is 3.51. The van der Waals surface area contributed by atoms with Crippen LogP contribution in [0, 0.1) is 0 Å². The van der Waals surface area contributed by atoms with Gasteiger partial charge in [-0.1, -0.05) is 58.4 Å². The van der Waals surface area contributed by atoms with Crippen LogP contribution in [0.4, 0.5) is 0 Å². The third kappa shape index (κ3) is 2.77. The molecule has 0 saturated carbocycles. The standard InChI is InChI=1S/C15H13BrO/c1-17-14-9-7-13(8-10-14)15(11-16)12-5-3-2-4-6-12/h2-11H,1H3/b15-11+. The molecule has 0 unspecified atom stereocenters. The first-order valence-electron chi connectivity index (χ1n) is 5.35. The zero-order valence-corrected chi connectivity index (χ0v) is 11.1. The van der Waals surface area contributed by atoms with E-state index < -0.39 is 0 Å².